The summed E-state index contributed by atoms with van der Waals surface area (Å²) in [6.45, 7) is 5.06. The number of thioether (sulfide) groups is 2. The van der Waals surface area contributed by atoms with E-state index in [1.807, 2.05) is 25.1 Å². The van der Waals surface area contributed by atoms with Gasteiger partial charge in [-0.05, 0) is 41.1 Å². The van der Waals surface area contributed by atoms with E-state index < -0.39 is 11.9 Å². The number of esters is 2. The standard InChI is InChI=1S/C16H12INO4S2/c1-3-12(19)21-6-7-22-15(20)10(8-18)16-23-13-9(2)4-5-11(17)14(13)24-16/h3-5H,1,6-7H2,2H3/b16-10+. The molecule has 0 N–H and O–H groups in total. The minimum Gasteiger partial charge on any atom is -0.459 e. The third-order valence-corrected chi connectivity index (χ3v) is 6.93. The monoisotopic (exact) mass is 473 g/mol. The number of rotatable bonds is 5. The number of ether oxygens (including phenoxy) is 2. The highest BCUT2D eigenvalue weighted by atomic mass is 127. The fraction of sp³-hybridized carbons (Fsp3) is 0.188. The van der Waals surface area contributed by atoms with Gasteiger partial charge < -0.3 is 9.47 Å². The van der Waals surface area contributed by atoms with E-state index in [1.165, 1.54) is 23.5 Å². The topological polar surface area (TPSA) is 76.4 Å². The highest BCUT2D eigenvalue weighted by molar-refractivity contribution is 14.1. The van der Waals surface area contributed by atoms with E-state index >= 15 is 0 Å². The molecule has 5 nitrogen and oxygen atoms in total. The van der Waals surface area contributed by atoms with Gasteiger partial charge >= 0.3 is 11.9 Å². The predicted molar refractivity (Wildman–Crippen MR) is 100 cm³/mol. The SMILES string of the molecule is C=CC(=O)OCCOC(=O)/C(C#N)=C1\Sc2c(C)ccc(I)c2S1. The van der Waals surface area contributed by atoms with Crippen molar-refractivity contribution in [1.82, 2.24) is 0 Å². The smallest absolute Gasteiger partial charge is 0.350 e. The summed E-state index contributed by atoms with van der Waals surface area (Å²) in [7, 11) is 0. The number of carbonyl (C=O) groups is 2. The highest BCUT2D eigenvalue weighted by Crippen LogP contribution is 2.54. The van der Waals surface area contributed by atoms with Crippen molar-refractivity contribution in [3.63, 3.8) is 0 Å². The van der Waals surface area contributed by atoms with Crippen LogP contribution in [0, 0.1) is 21.8 Å². The second-order valence-corrected chi connectivity index (χ2v) is 7.97. The quantitative estimate of drug-likeness (QED) is 0.212. The van der Waals surface area contributed by atoms with Crippen LogP contribution in [-0.2, 0) is 19.1 Å². The van der Waals surface area contributed by atoms with E-state index in [2.05, 4.69) is 29.2 Å². The number of halogens is 1. The normalized spacial score (nSPS) is 14.4. The zero-order valence-electron chi connectivity index (χ0n) is 12.6. The van der Waals surface area contributed by atoms with E-state index in [-0.39, 0.29) is 18.8 Å². The van der Waals surface area contributed by atoms with Gasteiger partial charge in [0, 0.05) is 19.4 Å². The van der Waals surface area contributed by atoms with Gasteiger partial charge in [0.15, 0.2) is 5.57 Å². The molecule has 1 aromatic carbocycles. The molecule has 2 rings (SSSR count). The molecule has 0 amide bonds. The fourth-order valence-electron chi connectivity index (χ4n) is 1.75. The highest BCUT2D eigenvalue weighted by Gasteiger charge is 2.28. The van der Waals surface area contributed by atoms with Crippen molar-refractivity contribution in [1.29, 1.82) is 5.26 Å². The molecule has 0 aliphatic carbocycles. The molecule has 8 heteroatoms. The van der Waals surface area contributed by atoms with Crippen LogP contribution in [0.3, 0.4) is 0 Å². The van der Waals surface area contributed by atoms with Gasteiger partial charge in [-0.1, -0.05) is 36.2 Å². The maximum atomic E-state index is 12.1. The minimum absolute atomic E-state index is 0.0357. The summed E-state index contributed by atoms with van der Waals surface area (Å²) in [5.41, 5.74) is 1.06. The maximum absolute atomic E-state index is 12.1. The molecule has 24 heavy (non-hydrogen) atoms. The molecular formula is C16H12INO4S2. The molecule has 1 heterocycles. The largest absolute Gasteiger partial charge is 0.459 e. The number of carbonyl (C=O) groups excluding carboxylic acids is 2. The molecule has 0 aromatic heterocycles. The lowest BCUT2D eigenvalue weighted by atomic mass is 10.2. The summed E-state index contributed by atoms with van der Waals surface area (Å²) in [4.78, 5) is 25.1. The zero-order valence-corrected chi connectivity index (χ0v) is 16.4. The molecule has 1 aliphatic heterocycles. The van der Waals surface area contributed by atoms with E-state index in [1.54, 1.807) is 0 Å². The molecule has 0 saturated heterocycles. The number of aryl methyl sites for hydroxylation is 1. The van der Waals surface area contributed by atoms with Crippen molar-refractivity contribution < 1.29 is 19.1 Å². The van der Waals surface area contributed by atoms with E-state index in [0.29, 0.717) is 4.24 Å². The lowest BCUT2D eigenvalue weighted by Gasteiger charge is -2.05. The first-order valence-corrected chi connectivity index (χ1v) is 9.44. The van der Waals surface area contributed by atoms with Crippen LogP contribution in [-0.4, -0.2) is 25.2 Å². The minimum atomic E-state index is -0.720. The maximum Gasteiger partial charge on any atom is 0.350 e. The van der Waals surface area contributed by atoms with Crippen molar-refractivity contribution >= 4 is 58.1 Å². The molecule has 0 saturated carbocycles. The van der Waals surface area contributed by atoms with Gasteiger partial charge in [-0.15, -0.1) is 0 Å². The Bertz CT molecular complexity index is 750. The first-order chi connectivity index (χ1) is 11.5. The number of benzene rings is 1. The summed E-state index contributed by atoms with van der Waals surface area (Å²) < 4.78 is 11.4. The second kappa shape index (κ2) is 8.60. The molecule has 124 valence electrons. The molecule has 0 radical (unpaired) electrons. The van der Waals surface area contributed by atoms with Crippen LogP contribution in [0.1, 0.15) is 5.56 Å². The van der Waals surface area contributed by atoms with Crippen LogP contribution in [0.2, 0.25) is 0 Å². The number of fused-ring (bicyclic) bond motifs is 1. The van der Waals surface area contributed by atoms with Gasteiger partial charge in [0.1, 0.15) is 19.3 Å². The molecular weight excluding hydrogens is 461 g/mol. The molecule has 1 aliphatic rings. The third kappa shape index (κ3) is 4.34. The zero-order chi connectivity index (χ0) is 17.7. The average molecular weight is 473 g/mol. The van der Waals surface area contributed by atoms with Gasteiger partial charge in [-0.3, -0.25) is 0 Å². The lowest BCUT2D eigenvalue weighted by Crippen LogP contribution is -2.14. The summed E-state index contributed by atoms with van der Waals surface area (Å²) in [6.07, 6.45) is 1.03. The van der Waals surface area contributed by atoms with Gasteiger partial charge in [-0.2, -0.15) is 5.26 Å². The first-order valence-electron chi connectivity index (χ1n) is 6.73. The van der Waals surface area contributed by atoms with Crippen molar-refractivity contribution in [3.8, 4) is 6.07 Å². The number of hydrogen-bond acceptors (Lipinski definition) is 7. The Morgan fingerprint density at radius 2 is 1.96 bits per heavy atom. The lowest BCUT2D eigenvalue weighted by molar-refractivity contribution is -0.146. The van der Waals surface area contributed by atoms with Crippen LogP contribution in [0.5, 0.6) is 0 Å². The van der Waals surface area contributed by atoms with E-state index in [9.17, 15) is 14.9 Å². The molecule has 0 fully saturated rings. The van der Waals surface area contributed by atoms with Gasteiger partial charge in [0.25, 0.3) is 0 Å². The fourth-order valence-corrected chi connectivity index (χ4v) is 5.31. The first kappa shape index (κ1) is 18.9. The van der Waals surface area contributed by atoms with Crippen LogP contribution in [0.15, 0.2) is 44.4 Å². The van der Waals surface area contributed by atoms with Crippen molar-refractivity contribution in [2.75, 3.05) is 13.2 Å². The Morgan fingerprint density at radius 3 is 2.58 bits per heavy atom. The summed E-state index contributed by atoms with van der Waals surface area (Å²) in [6, 6.07) is 5.93. The van der Waals surface area contributed by atoms with Gasteiger partial charge in [-0.25, -0.2) is 9.59 Å². The van der Waals surface area contributed by atoms with E-state index in [4.69, 9.17) is 9.47 Å². The van der Waals surface area contributed by atoms with Crippen LogP contribution in [0.25, 0.3) is 0 Å². The average Bonchev–Trinajstić information content (AvgIpc) is 3.01. The Balaban J connectivity index is 2.08. The molecule has 0 unspecified atom stereocenters. The summed E-state index contributed by atoms with van der Waals surface area (Å²) in [5.74, 6) is -1.31. The van der Waals surface area contributed by atoms with Gasteiger partial charge in [0.05, 0.1) is 4.24 Å². The Labute approximate surface area is 161 Å². The predicted octanol–water partition coefficient (Wildman–Crippen LogP) is 3.81. The van der Waals surface area contributed by atoms with Crippen molar-refractivity contribution in [2.45, 2.75) is 16.7 Å². The summed E-state index contributed by atoms with van der Waals surface area (Å²) >= 11 is 5.03. The van der Waals surface area contributed by atoms with Crippen molar-refractivity contribution in [2.24, 2.45) is 0 Å². The second-order valence-electron chi connectivity index (χ2n) is 4.51. The Kier molecular flexibility index (Phi) is 6.77. The van der Waals surface area contributed by atoms with Crippen LogP contribution in [0.4, 0.5) is 0 Å². The molecule has 1 aromatic rings. The number of nitriles is 1. The number of hydrogen-bond donors (Lipinski definition) is 0. The summed E-state index contributed by atoms with van der Waals surface area (Å²) in [5, 5.41) is 9.32. The molecule has 0 spiro atoms. The van der Waals surface area contributed by atoms with E-state index in [0.717, 1.165) is 25.0 Å². The molecule has 0 bridgehead atoms. The van der Waals surface area contributed by atoms with Gasteiger partial charge in [0.2, 0.25) is 0 Å². The number of nitrogens with zero attached hydrogens (tertiary/aromatic N) is 1. The Hall–Kier alpha value is -1.44. The van der Waals surface area contributed by atoms with Crippen LogP contribution >= 0.6 is 46.1 Å². The molecule has 0 atom stereocenters. The third-order valence-electron chi connectivity index (χ3n) is 2.90. The Morgan fingerprint density at radius 1 is 1.29 bits per heavy atom. The van der Waals surface area contributed by atoms with Crippen molar-refractivity contribution in [3.05, 3.63) is 43.7 Å². The van der Waals surface area contributed by atoms with Crippen LogP contribution < -0.4 is 0 Å².